The van der Waals surface area contributed by atoms with Crippen LogP contribution in [0.4, 0.5) is 0 Å². The molecule has 12 heavy (non-hydrogen) atoms. The molecule has 72 valence electrons. The van der Waals surface area contributed by atoms with Crippen molar-refractivity contribution in [3.63, 3.8) is 0 Å². The summed E-state index contributed by atoms with van der Waals surface area (Å²) < 4.78 is 28.9. The quantitative estimate of drug-likeness (QED) is 0.417. The van der Waals surface area contributed by atoms with Crippen LogP contribution in [0.5, 0.6) is 0 Å². The van der Waals surface area contributed by atoms with Gasteiger partial charge in [0.25, 0.3) is 10.1 Å². The normalized spacial score (nSPS) is 22.3. The van der Waals surface area contributed by atoms with Crippen molar-refractivity contribution < 1.29 is 23.2 Å². The van der Waals surface area contributed by atoms with Crippen LogP contribution in [-0.2, 0) is 10.1 Å². The molecule has 1 fully saturated rings. The smallest absolute Gasteiger partial charge is 0.270 e. The zero-order chi connectivity index (χ0) is 9.62. The first kappa shape index (κ1) is 9.91. The first-order chi connectivity index (χ1) is 5.16. The molecular weight excluding hydrogens is 184 g/mol. The Kier molecular flexibility index (Phi) is 1.99. The third kappa shape index (κ3) is 1.95. The molecule has 0 saturated heterocycles. The van der Waals surface area contributed by atoms with Crippen molar-refractivity contribution in [2.75, 3.05) is 0 Å². The lowest BCUT2D eigenvalue weighted by Crippen LogP contribution is -2.35. The molecule has 0 aromatic carbocycles. The molecule has 0 amide bonds. The fourth-order valence-corrected chi connectivity index (χ4v) is 2.35. The minimum atomic E-state index is -4.14. The number of aliphatic hydroxyl groups is 2. The van der Waals surface area contributed by atoms with Gasteiger partial charge in [0.05, 0.1) is 0 Å². The molecule has 1 aliphatic rings. The molecule has 3 N–H and O–H groups in total. The van der Waals surface area contributed by atoms with Crippen LogP contribution in [0.2, 0.25) is 0 Å². The molecule has 0 spiro atoms. The second-order valence-electron chi connectivity index (χ2n) is 3.55. The second kappa shape index (κ2) is 2.41. The van der Waals surface area contributed by atoms with E-state index in [0.29, 0.717) is 12.8 Å². The van der Waals surface area contributed by atoms with E-state index >= 15 is 0 Å². The minimum absolute atomic E-state index is 0.294. The van der Waals surface area contributed by atoms with Gasteiger partial charge in [0.2, 0.25) is 0 Å². The van der Waals surface area contributed by atoms with Crippen LogP contribution in [0.15, 0.2) is 0 Å². The summed E-state index contributed by atoms with van der Waals surface area (Å²) >= 11 is 0. The summed E-state index contributed by atoms with van der Waals surface area (Å²) in [6.45, 7) is 1.10. The van der Waals surface area contributed by atoms with Gasteiger partial charge in [0.1, 0.15) is 4.75 Å². The maximum Gasteiger partial charge on any atom is 0.270 e. The van der Waals surface area contributed by atoms with Gasteiger partial charge in [-0.1, -0.05) is 0 Å². The van der Waals surface area contributed by atoms with Crippen LogP contribution in [0, 0.1) is 0 Å². The summed E-state index contributed by atoms with van der Waals surface area (Å²) in [5.74, 6) is -2.04. The Hall–Kier alpha value is -0.170. The van der Waals surface area contributed by atoms with Crippen LogP contribution in [0.1, 0.15) is 26.2 Å². The monoisotopic (exact) mass is 196 g/mol. The van der Waals surface area contributed by atoms with Crippen LogP contribution in [0.25, 0.3) is 0 Å². The van der Waals surface area contributed by atoms with Gasteiger partial charge in [-0.15, -0.1) is 0 Å². The highest BCUT2D eigenvalue weighted by Gasteiger charge is 2.56. The Morgan fingerprint density at radius 2 is 1.83 bits per heavy atom. The molecule has 6 heteroatoms. The largest absolute Gasteiger partial charge is 0.366 e. The van der Waals surface area contributed by atoms with Gasteiger partial charge in [0, 0.05) is 6.42 Å². The van der Waals surface area contributed by atoms with E-state index in [1.165, 1.54) is 0 Å². The predicted octanol–water partition coefficient (Wildman–Crippen LogP) is -0.502. The highest BCUT2D eigenvalue weighted by molar-refractivity contribution is 7.87. The van der Waals surface area contributed by atoms with E-state index in [9.17, 15) is 8.42 Å². The number of hydrogen-bond acceptors (Lipinski definition) is 4. The van der Waals surface area contributed by atoms with Crippen molar-refractivity contribution in [2.45, 2.75) is 36.7 Å². The molecule has 1 aliphatic carbocycles. The number of hydrogen-bond donors (Lipinski definition) is 3. The maximum absolute atomic E-state index is 10.7. The SMILES string of the molecule is CC(O)(O)CC1(S(=O)(=O)O)CC1. The van der Waals surface area contributed by atoms with Gasteiger partial charge in [-0.2, -0.15) is 8.42 Å². The lowest BCUT2D eigenvalue weighted by molar-refractivity contribution is -0.150. The Morgan fingerprint density at radius 3 is 1.92 bits per heavy atom. The van der Waals surface area contributed by atoms with Crippen LogP contribution in [0.3, 0.4) is 0 Å². The molecular formula is C6H12O5S. The summed E-state index contributed by atoms with van der Waals surface area (Å²) in [6, 6.07) is 0. The molecule has 0 bridgehead atoms. The molecule has 5 nitrogen and oxygen atoms in total. The molecule has 0 aromatic heterocycles. The number of rotatable bonds is 3. The average Bonchev–Trinajstić information content (AvgIpc) is 2.39. The fourth-order valence-electron chi connectivity index (χ4n) is 1.28. The van der Waals surface area contributed by atoms with E-state index in [-0.39, 0.29) is 6.42 Å². The topological polar surface area (TPSA) is 94.8 Å². The van der Waals surface area contributed by atoms with Crippen LogP contribution < -0.4 is 0 Å². The Morgan fingerprint density at radius 1 is 1.42 bits per heavy atom. The Balaban J connectivity index is 2.77. The third-order valence-corrected chi connectivity index (χ3v) is 3.66. The van der Waals surface area contributed by atoms with E-state index in [0.717, 1.165) is 6.92 Å². The van der Waals surface area contributed by atoms with E-state index in [2.05, 4.69) is 0 Å². The van der Waals surface area contributed by atoms with Gasteiger partial charge >= 0.3 is 0 Å². The van der Waals surface area contributed by atoms with Crippen molar-refractivity contribution in [3.8, 4) is 0 Å². The zero-order valence-corrected chi connectivity index (χ0v) is 7.50. The summed E-state index contributed by atoms with van der Waals surface area (Å²) in [5, 5.41) is 17.9. The highest BCUT2D eigenvalue weighted by Crippen LogP contribution is 2.48. The molecule has 0 radical (unpaired) electrons. The summed E-state index contributed by atoms with van der Waals surface area (Å²) in [7, 11) is -4.14. The van der Waals surface area contributed by atoms with Gasteiger partial charge in [-0.3, -0.25) is 4.55 Å². The van der Waals surface area contributed by atoms with Gasteiger partial charge in [-0.05, 0) is 19.8 Å². The van der Waals surface area contributed by atoms with Crippen LogP contribution >= 0.6 is 0 Å². The van der Waals surface area contributed by atoms with Gasteiger partial charge in [0.15, 0.2) is 5.79 Å². The van der Waals surface area contributed by atoms with Gasteiger partial charge in [-0.25, -0.2) is 0 Å². The summed E-state index contributed by atoms with van der Waals surface area (Å²) in [4.78, 5) is 0. The van der Waals surface area contributed by atoms with Crippen molar-refractivity contribution in [2.24, 2.45) is 0 Å². The van der Waals surface area contributed by atoms with Crippen molar-refractivity contribution >= 4 is 10.1 Å². The lowest BCUT2D eigenvalue weighted by Gasteiger charge is -2.20. The van der Waals surface area contributed by atoms with Crippen molar-refractivity contribution in [3.05, 3.63) is 0 Å². The van der Waals surface area contributed by atoms with Gasteiger partial charge < -0.3 is 10.2 Å². The van der Waals surface area contributed by atoms with Crippen LogP contribution in [-0.4, -0.2) is 33.7 Å². The molecule has 0 aromatic rings. The highest BCUT2D eigenvalue weighted by atomic mass is 32.2. The van der Waals surface area contributed by atoms with E-state index in [1.54, 1.807) is 0 Å². The fraction of sp³-hybridized carbons (Fsp3) is 1.00. The minimum Gasteiger partial charge on any atom is -0.366 e. The lowest BCUT2D eigenvalue weighted by atomic mass is 10.1. The first-order valence-electron chi connectivity index (χ1n) is 3.58. The maximum atomic E-state index is 10.7. The predicted molar refractivity (Wildman–Crippen MR) is 41.0 cm³/mol. The van der Waals surface area contributed by atoms with E-state index in [1.807, 2.05) is 0 Å². The second-order valence-corrected chi connectivity index (χ2v) is 5.37. The summed E-state index contributed by atoms with van der Waals surface area (Å²) in [6.07, 6.45) is 0.254. The zero-order valence-electron chi connectivity index (χ0n) is 6.69. The molecule has 0 unspecified atom stereocenters. The molecule has 0 heterocycles. The standard InChI is InChI=1S/C6H12O5S/c1-5(7,8)4-6(2-3-6)12(9,10)11/h7-8H,2-4H2,1H3,(H,9,10,11). The Bertz CT molecular complexity index is 269. The molecule has 1 saturated carbocycles. The average molecular weight is 196 g/mol. The van der Waals surface area contributed by atoms with Crippen molar-refractivity contribution in [1.29, 1.82) is 0 Å². The first-order valence-corrected chi connectivity index (χ1v) is 5.02. The van der Waals surface area contributed by atoms with E-state index < -0.39 is 20.7 Å². The molecule has 0 atom stereocenters. The van der Waals surface area contributed by atoms with Crippen molar-refractivity contribution in [1.82, 2.24) is 0 Å². The Labute approximate surface area is 70.8 Å². The summed E-state index contributed by atoms with van der Waals surface area (Å²) in [5.41, 5.74) is 0. The van der Waals surface area contributed by atoms with E-state index in [4.69, 9.17) is 14.8 Å². The third-order valence-electron chi connectivity index (χ3n) is 2.01. The molecule has 0 aliphatic heterocycles. The molecule has 1 rings (SSSR count).